The second-order valence-corrected chi connectivity index (χ2v) is 15.1. The van der Waals surface area contributed by atoms with E-state index < -0.39 is 50.8 Å². The van der Waals surface area contributed by atoms with Gasteiger partial charge in [0.15, 0.2) is 0 Å². The van der Waals surface area contributed by atoms with Gasteiger partial charge in [0.2, 0.25) is 21.8 Å². The van der Waals surface area contributed by atoms with Crippen molar-refractivity contribution in [1.29, 1.82) is 0 Å². The average Bonchev–Trinajstić information content (AvgIpc) is 3.95. The highest BCUT2D eigenvalue weighted by Gasteiger charge is 2.62. The van der Waals surface area contributed by atoms with Gasteiger partial charge in [0.25, 0.3) is 5.91 Å². The number of hydrogen-bond acceptors (Lipinski definition) is 8. The molecule has 3 amide bonds. The maximum absolute atomic E-state index is 14.0. The number of hydrogen-bond donors (Lipinski definition) is 3. The number of carbonyl (C=O) groups is 3. The van der Waals surface area contributed by atoms with E-state index in [0.717, 1.165) is 47.9 Å². The number of benzene rings is 2. The minimum atomic E-state index is -3.82. The first kappa shape index (κ1) is 30.6. The smallest absolute Gasteiger partial charge is 0.259 e. The molecule has 7 rings (SSSR count). The van der Waals surface area contributed by atoms with Crippen molar-refractivity contribution in [1.82, 2.24) is 14.9 Å². The van der Waals surface area contributed by atoms with E-state index in [9.17, 15) is 22.8 Å². The molecule has 0 spiro atoms. The molecule has 2 aliphatic heterocycles. The molecule has 0 bridgehead atoms. The summed E-state index contributed by atoms with van der Waals surface area (Å²) in [5.41, 5.74) is 9.62. The third kappa shape index (κ3) is 5.72. The van der Waals surface area contributed by atoms with E-state index in [4.69, 9.17) is 10.6 Å². The highest BCUT2D eigenvalue weighted by molar-refractivity contribution is 7.91. The van der Waals surface area contributed by atoms with Gasteiger partial charge in [-0.1, -0.05) is 78.7 Å². The summed E-state index contributed by atoms with van der Waals surface area (Å²) in [5, 5.41) is 6.86. The third-order valence-corrected chi connectivity index (χ3v) is 11.7. The number of carbonyl (C=O) groups excluding carboxylic acids is 3. The molecule has 3 aliphatic carbocycles. The molecule has 12 heteroatoms. The van der Waals surface area contributed by atoms with Crippen LogP contribution in [-0.2, 0) is 29.2 Å². The summed E-state index contributed by atoms with van der Waals surface area (Å²) < 4.78 is 27.6. The first-order valence-corrected chi connectivity index (χ1v) is 17.8. The molecule has 3 fully saturated rings. The lowest BCUT2D eigenvalue weighted by Crippen LogP contribution is -2.57. The SMILES string of the molecule is N[C@H]1CCCCC/C=C\C2C[C@@]2(C(=O)NS(=O)(=O)C2CC2)NC(=O)[C@@H]2C[C@@H](ON=C3c4ccccc4-c4ccccc43)CN2C1=O. The van der Waals surface area contributed by atoms with Crippen LogP contribution in [0.3, 0.4) is 0 Å². The number of nitrogens with two attached hydrogens (primary N) is 1. The molecule has 4 N–H and O–H groups in total. The third-order valence-electron chi connectivity index (χ3n) is 9.83. The number of nitrogens with zero attached hydrogens (tertiary/aromatic N) is 2. The number of sulfonamides is 1. The van der Waals surface area contributed by atoms with Crippen LogP contribution in [0.15, 0.2) is 65.8 Å². The van der Waals surface area contributed by atoms with Crippen LogP contribution >= 0.6 is 0 Å². The Labute approximate surface area is 268 Å². The monoisotopic (exact) mass is 645 g/mol. The van der Waals surface area contributed by atoms with Gasteiger partial charge < -0.3 is 20.8 Å². The van der Waals surface area contributed by atoms with Gasteiger partial charge in [-0.05, 0) is 49.7 Å². The molecule has 5 aliphatic rings. The Balaban J connectivity index is 1.15. The zero-order valence-corrected chi connectivity index (χ0v) is 26.4. The van der Waals surface area contributed by atoms with E-state index in [-0.39, 0.29) is 31.2 Å². The van der Waals surface area contributed by atoms with E-state index in [1.165, 1.54) is 4.90 Å². The number of nitrogens with one attached hydrogen (secondary N) is 2. The fourth-order valence-corrected chi connectivity index (χ4v) is 8.32. The lowest BCUT2D eigenvalue weighted by atomic mass is 10.1. The van der Waals surface area contributed by atoms with Crippen LogP contribution in [0.1, 0.15) is 68.9 Å². The Hall–Kier alpha value is -4.03. The Kier molecular flexibility index (Phi) is 7.96. The molecule has 1 unspecified atom stereocenters. The molecule has 242 valence electrons. The molecule has 5 atom stereocenters. The van der Waals surface area contributed by atoms with Gasteiger partial charge in [-0.15, -0.1) is 0 Å². The van der Waals surface area contributed by atoms with Crippen LogP contribution in [0.5, 0.6) is 0 Å². The first-order chi connectivity index (χ1) is 22.2. The van der Waals surface area contributed by atoms with Crippen molar-refractivity contribution >= 4 is 33.5 Å². The number of allylic oxidation sites excluding steroid dienone is 1. The van der Waals surface area contributed by atoms with Crippen LogP contribution in [0, 0.1) is 5.92 Å². The van der Waals surface area contributed by atoms with E-state index in [1.54, 1.807) is 0 Å². The summed E-state index contributed by atoms with van der Waals surface area (Å²) in [4.78, 5) is 48.7. The Bertz CT molecular complexity index is 1690. The molecule has 2 saturated carbocycles. The first-order valence-electron chi connectivity index (χ1n) is 16.2. The second kappa shape index (κ2) is 12.0. The number of oxime groups is 1. The van der Waals surface area contributed by atoms with Crippen molar-refractivity contribution in [3.05, 3.63) is 71.8 Å². The van der Waals surface area contributed by atoms with Crippen molar-refractivity contribution in [3.8, 4) is 11.1 Å². The largest absolute Gasteiger partial charge is 0.390 e. The van der Waals surface area contributed by atoms with Crippen LogP contribution in [-0.4, -0.2) is 72.3 Å². The molecule has 0 radical (unpaired) electrons. The summed E-state index contributed by atoms with van der Waals surface area (Å²) in [6.07, 6.45) is 8.51. The number of amides is 3. The normalized spacial score (nSPS) is 30.0. The van der Waals surface area contributed by atoms with Gasteiger partial charge in [-0.25, -0.2) is 8.42 Å². The van der Waals surface area contributed by atoms with Crippen LogP contribution in [0.4, 0.5) is 0 Å². The van der Waals surface area contributed by atoms with Gasteiger partial charge in [0.05, 0.1) is 17.8 Å². The molecular weight excluding hydrogens is 606 g/mol. The highest BCUT2D eigenvalue weighted by atomic mass is 32.2. The van der Waals surface area contributed by atoms with Gasteiger partial charge >= 0.3 is 0 Å². The van der Waals surface area contributed by atoms with Crippen LogP contribution < -0.4 is 15.8 Å². The van der Waals surface area contributed by atoms with Crippen molar-refractivity contribution in [2.75, 3.05) is 6.54 Å². The summed E-state index contributed by atoms with van der Waals surface area (Å²) in [6, 6.07) is 14.1. The molecule has 1 saturated heterocycles. The van der Waals surface area contributed by atoms with Crippen molar-refractivity contribution in [3.63, 3.8) is 0 Å². The predicted octanol–water partition coefficient (Wildman–Crippen LogP) is 2.74. The summed E-state index contributed by atoms with van der Waals surface area (Å²) in [5.74, 6) is -1.99. The van der Waals surface area contributed by atoms with Crippen molar-refractivity contribution < 1.29 is 27.6 Å². The average molecular weight is 646 g/mol. The van der Waals surface area contributed by atoms with Gasteiger partial charge in [0.1, 0.15) is 23.4 Å². The van der Waals surface area contributed by atoms with E-state index in [1.807, 2.05) is 60.7 Å². The van der Waals surface area contributed by atoms with Crippen molar-refractivity contribution in [2.45, 2.75) is 86.8 Å². The maximum atomic E-state index is 14.0. The minimum Gasteiger partial charge on any atom is -0.390 e. The fourth-order valence-electron chi connectivity index (χ4n) is 6.95. The summed E-state index contributed by atoms with van der Waals surface area (Å²) in [7, 11) is -3.82. The summed E-state index contributed by atoms with van der Waals surface area (Å²) in [6.45, 7) is 0.100. The van der Waals surface area contributed by atoms with Crippen LogP contribution in [0.25, 0.3) is 11.1 Å². The Morgan fingerprint density at radius 3 is 2.33 bits per heavy atom. The van der Waals surface area contributed by atoms with E-state index in [2.05, 4.69) is 15.2 Å². The summed E-state index contributed by atoms with van der Waals surface area (Å²) >= 11 is 0. The molecule has 0 aromatic heterocycles. The molecule has 2 aromatic rings. The topological polar surface area (TPSA) is 160 Å². The highest BCUT2D eigenvalue weighted by Crippen LogP contribution is 2.46. The van der Waals surface area contributed by atoms with Gasteiger partial charge in [0, 0.05) is 23.5 Å². The van der Waals surface area contributed by atoms with Gasteiger partial charge in [-0.2, -0.15) is 0 Å². The maximum Gasteiger partial charge on any atom is 0.259 e. The Morgan fingerprint density at radius 2 is 1.65 bits per heavy atom. The van der Waals surface area contributed by atoms with Crippen LogP contribution in [0.2, 0.25) is 0 Å². The predicted molar refractivity (Wildman–Crippen MR) is 172 cm³/mol. The Morgan fingerprint density at radius 1 is 0.978 bits per heavy atom. The number of fused-ring (bicyclic) bond motifs is 5. The fraction of sp³-hybridized carbons (Fsp3) is 0.471. The van der Waals surface area contributed by atoms with E-state index in [0.29, 0.717) is 25.0 Å². The van der Waals surface area contributed by atoms with Crippen molar-refractivity contribution in [2.24, 2.45) is 16.8 Å². The van der Waals surface area contributed by atoms with E-state index >= 15 is 0 Å². The minimum absolute atomic E-state index is 0.100. The lowest BCUT2D eigenvalue weighted by molar-refractivity contribution is -0.140. The molecule has 2 aromatic carbocycles. The lowest BCUT2D eigenvalue weighted by Gasteiger charge is -2.28. The molecular formula is C34H39N5O6S. The quantitative estimate of drug-likeness (QED) is 0.284. The molecule has 46 heavy (non-hydrogen) atoms. The molecule has 11 nitrogen and oxygen atoms in total. The molecule has 2 heterocycles. The van der Waals surface area contributed by atoms with Gasteiger partial charge in [-0.3, -0.25) is 19.1 Å². The zero-order chi connectivity index (χ0) is 32.1. The standard InChI is InChI=1S/C34H39N5O6S/c35-28-15-5-3-1-2-4-10-21-19-34(21,33(42)38-46(43,44)23-16-17-23)36-31(40)29-18-22(20-39(29)32(28)41)45-37-30-26-13-8-6-11-24(26)25-12-7-9-14-27(25)30/h4,6-14,21-23,28-29H,1-3,5,15-20,35H2,(H,36,40)(H,38,42)/b10-4-/t21?,22-,28+,29+,34-/m1/s1. The zero-order valence-electron chi connectivity index (χ0n) is 25.6. The number of rotatable bonds is 5. The second-order valence-electron chi connectivity index (χ2n) is 13.1.